The molecule has 4 nitrogen and oxygen atoms in total. The molecule has 0 aromatic heterocycles. The molecule has 19 heavy (non-hydrogen) atoms. The molecule has 1 atom stereocenters. The fourth-order valence-corrected chi connectivity index (χ4v) is 1.84. The molecular weight excluding hydrogens is 242 g/mol. The summed E-state index contributed by atoms with van der Waals surface area (Å²) in [6.45, 7) is 2.90. The fourth-order valence-electron chi connectivity index (χ4n) is 1.84. The van der Waals surface area contributed by atoms with Crippen LogP contribution in [0.4, 0.5) is 0 Å². The van der Waals surface area contributed by atoms with Crippen molar-refractivity contribution in [3.63, 3.8) is 0 Å². The monoisotopic (exact) mass is 265 g/mol. The Morgan fingerprint density at radius 1 is 1.26 bits per heavy atom. The first-order valence-corrected chi connectivity index (χ1v) is 6.83. The first-order valence-electron chi connectivity index (χ1n) is 6.83. The van der Waals surface area contributed by atoms with Gasteiger partial charge in [0.2, 0.25) is 0 Å². The maximum atomic E-state index is 10.6. The topological polar surface area (TPSA) is 72.5 Å². The molecule has 0 bridgehead atoms. The Hall–Kier alpha value is -1.55. The maximum absolute atomic E-state index is 10.6. The Morgan fingerprint density at radius 2 is 1.95 bits per heavy atom. The third-order valence-corrected chi connectivity index (χ3v) is 2.97. The van der Waals surface area contributed by atoms with Crippen LogP contribution in [0.25, 0.3) is 0 Å². The van der Waals surface area contributed by atoms with Crippen molar-refractivity contribution in [1.82, 2.24) is 0 Å². The highest BCUT2D eigenvalue weighted by Crippen LogP contribution is 2.18. The van der Waals surface area contributed by atoms with E-state index in [-0.39, 0.29) is 6.42 Å². The maximum Gasteiger partial charge on any atom is 0.305 e. The number of hydrogen-bond acceptors (Lipinski definition) is 3. The van der Waals surface area contributed by atoms with Crippen LogP contribution in [-0.2, 0) is 4.79 Å². The van der Waals surface area contributed by atoms with Crippen LogP contribution in [0.15, 0.2) is 24.3 Å². The second-order valence-electron chi connectivity index (χ2n) is 4.68. The van der Waals surface area contributed by atoms with Crippen molar-refractivity contribution in [2.45, 2.75) is 45.1 Å². The third kappa shape index (κ3) is 6.25. The van der Waals surface area contributed by atoms with Crippen molar-refractivity contribution >= 4 is 5.97 Å². The quantitative estimate of drug-likeness (QED) is 0.673. The summed E-state index contributed by atoms with van der Waals surface area (Å²) in [5, 5.41) is 8.68. The van der Waals surface area contributed by atoms with Gasteiger partial charge in [0.25, 0.3) is 0 Å². The van der Waals surface area contributed by atoms with E-state index in [0.717, 1.165) is 24.3 Å². The van der Waals surface area contributed by atoms with Gasteiger partial charge in [-0.1, -0.05) is 38.3 Å². The number of hydrogen-bond donors (Lipinski definition) is 2. The van der Waals surface area contributed by atoms with E-state index in [0.29, 0.717) is 0 Å². The van der Waals surface area contributed by atoms with Gasteiger partial charge in [0.1, 0.15) is 5.75 Å². The first-order chi connectivity index (χ1) is 9.13. The molecule has 0 heterocycles. The van der Waals surface area contributed by atoms with Gasteiger partial charge in [-0.15, -0.1) is 0 Å². The van der Waals surface area contributed by atoms with E-state index in [9.17, 15) is 4.79 Å². The highest BCUT2D eigenvalue weighted by atomic mass is 16.5. The number of carboxylic acids is 1. The zero-order chi connectivity index (χ0) is 14.1. The number of carbonyl (C=O) groups is 1. The van der Waals surface area contributed by atoms with Crippen LogP contribution in [0.2, 0.25) is 0 Å². The lowest BCUT2D eigenvalue weighted by atomic mass is 10.0. The molecule has 4 heteroatoms. The van der Waals surface area contributed by atoms with E-state index in [2.05, 4.69) is 6.92 Å². The van der Waals surface area contributed by atoms with Crippen molar-refractivity contribution in [3.8, 4) is 5.75 Å². The second kappa shape index (κ2) is 8.53. The van der Waals surface area contributed by atoms with E-state index in [4.69, 9.17) is 15.6 Å². The number of rotatable bonds is 9. The van der Waals surface area contributed by atoms with E-state index < -0.39 is 12.0 Å². The summed E-state index contributed by atoms with van der Waals surface area (Å²) < 4.78 is 5.61. The van der Waals surface area contributed by atoms with Crippen LogP contribution >= 0.6 is 0 Å². The molecule has 3 N–H and O–H groups in total. The summed E-state index contributed by atoms with van der Waals surface area (Å²) in [6, 6.07) is 6.88. The Labute approximate surface area is 114 Å². The largest absolute Gasteiger partial charge is 0.494 e. The molecule has 0 aliphatic heterocycles. The van der Waals surface area contributed by atoms with E-state index in [1.165, 1.54) is 19.3 Å². The van der Waals surface area contributed by atoms with Crippen LogP contribution < -0.4 is 10.5 Å². The average molecular weight is 265 g/mol. The van der Waals surface area contributed by atoms with Gasteiger partial charge in [0.05, 0.1) is 13.0 Å². The van der Waals surface area contributed by atoms with Crippen molar-refractivity contribution in [1.29, 1.82) is 0 Å². The molecule has 1 aromatic carbocycles. The molecule has 106 valence electrons. The Morgan fingerprint density at radius 3 is 2.53 bits per heavy atom. The van der Waals surface area contributed by atoms with Gasteiger partial charge in [0.15, 0.2) is 0 Å². The molecule has 1 aromatic rings. The van der Waals surface area contributed by atoms with Crippen LogP contribution in [0.3, 0.4) is 0 Å². The van der Waals surface area contributed by atoms with Crippen molar-refractivity contribution in [3.05, 3.63) is 29.8 Å². The Bertz CT molecular complexity index is 375. The number of aliphatic carboxylic acids is 1. The van der Waals surface area contributed by atoms with Crippen molar-refractivity contribution in [2.24, 2.45) is 5.73 Å². The average Bonchev–Trinajstić information content (AvgIpc) is 2.38. The Balaban J connectivity index is 2.36. The zero-order valence-corrected chi connectivity index (χ0v) is 11.5. The number of ether oxygens (including phenoxy) is 1. The summed E-state index contributed by atoms with van der Waals surface area (Å²) in [6.07, 6.45) is 4.66. The number of unbranched alkanes of at least 4 members (excludes halogenated alkanes) is 3. The van der Waals surface area contributed by atoms with Gasteiger partial charge in [-0.2, -0.15) is 0 Å². The summed E-state index contributed by atoms with van der Waals surface area (Å²) >= 11 is 0. The predicted molar refractivity (Wildman–Crippen MR) is 75.3 cm³/mol. The van der Waals surface area contributed by atoms with Gasteiger partial charge < -0.3 is 15.6 Å². The molecule has 0 spiro atoms. The lowest BCUT2D eigenvalue weighted by Crippen LogP contribution is -2.14. The second-order valence-corrected chi connectivity index (χ2v) is 4.68. The van der Waals surface area contributed by atoms with E-state index in [1.807, 2.05) is 24.3 Å². The molecule has 0 amide bonds. The van der Waals surface area contributed by atoms with Gasteiger partial charge in [-0.25, -0.2) is 0 Å². The highest BCUT2D eigenvalue weighted by Gasteiger charge is 2.10. The zero-order valence-electron chi connectivity index (χ0n) is 11.5. The van der Waals surface area contributed by atoms with Crippen molar-refractivity contribution in [2.75, 3.05) is 6.61 Å². The van der Waals surface area contributed by atoms with Gasteiger partial charge in [-0.05, 0) is 24.1 Å². The minimum Gasteiger partial charge on any atom is -0.494 e. The molecule has 1 rings (SSSR count). The van der Waals surface area contributed by atoms with Gasteiger partial charge >= 0.3 is 5.97 Å². The number of nitrogens with two attached hydrogens (primary N) is 1. The third-order valence-electron chi connectivity index (χ3n) is 2.97. The lowest BCUT2D eigenvalue weighted by Gasteiger charge is -2.11. The molecule has 0 saturated heterocycles. The summed E-state index contributed by atoms with van der Waals surface area (Å²) in [4.78, 5) is 10.6. The normalized spacial score (nSPS) is 12.1. The smallest absolute Gasteiger partial charge is 0.305 e. The molecule has 0 radical (unpaired) electrons. The highest BCUT2D eigenvalue weighted by molar-refractivity contribution is 5.67. The van der Waals surface area contributed by atoms with E-state index >= 15 is 0 Å². The fraction of sp³-hybridized carbons (Fsp3) is 0.533. The minimum absolute atomic E-state index is 0.0583. The summed E-state index contributed by atoms with van der Waals surface area (Å²) in [7, 11) is 0. The van der Waals surface area contributed by atoms with Gasteiger partial charge in [-0.3, -0.25) is 4.79 Å². The van der Waals surface area contributed by atoms with E-state index in [1.54, 1.807) is 0 Å². The Kier molecular flexibility index (Phi) is 6.97. The lowest BCUT2D eigenvalue weighted by molar-refractivity contribution is -0.137. The van der Waals surface area contributed by atoms with Crippen LogP contribution in [-0.4, -0.2) is 17.7 Å². The molecule has 0 saturated carbocycles. The molecule has 0 fully saturated rings. The van der Waals surface area contributed by atoms with Crippen LogP contribution in [0.1, 0.15) is 50.6 Å². The predicted octanol–water partition coefficient (Wildman–Crippen LogP) is 3.12. The molecule has 0 aliphatic carbocycles. The standard InChI is InChI=1S/C15H23NO3/c1-2-3-4-5-10-19-13-8-6-12(7-9-13)14(16)11-15(17)18/h6-9,14H,2-5,10-11,16H2,1H3,(H,17,18). The SMILES string of the molecule is CCCCCCOc1ccc(C(N)CC(=O)O)cc1. The molecule has 0 aliphatic rings. The van der Waals surface area contributed by atoms with Crippen molar-refractivity contribution < 1.29 is 14.6 Å². The molecule has 1 unspecified atom stereocenters. The first kappa shape index (κ1) is 15.5. The van der Waals surface area contributed by atoms with Gasteiger partial charge in [0, 0.05) is 6.04 Å². The van der Waals surface area contributed by atoms with Crippen LogP contribution in [0, 0.1) is 0 Å². The molecular formula is C15H23NO3. The minimum atomic E-state index is -0.885. The number of carboxylic acid groups (broad SMARTS) is 1. The summed E-state index contributed by atoms with van der Waals surface area (Å²) in [5.74, 6) is -0.0773. The summed E-state index contributed by atoms with van der Waals surface area (Å²) in [5.41, 5.74) is 6.60. The number of benzene rings is 1. The van der Waals surface area contributed by atoms with Crippen LogP contribution in [0.5, 0.6) is 5.75 Å².